The number of hydrogen-bond acceptors (Lipinski definition) is 3. The molecule has 0 fully saturated rings. The van der Waals surface area contributed by atoms with Crippen molar-refractivity contribution in [3.05, 3.63) is 23.8 Å². The second kappa shape index (κ2) is 3.53. The van der Waals surface area contributed by atoms with Gasteiger partial charge in [0.05, 0.1) is 5.41 Å². The summed E-state index contributed by atoms with van der Waals surface area (Å²) in [4.78, 5) is 11.5. The van der Waals surface area contributed by atoms with Gasteiger partial charge in [0, 0.05) is 10.5 Å². The van der Waals surface area contributed by atoms with Crippen molar-refractivity contribution in [1.29, 1.82) is 0 Å². The summed E-state index contributed by atoms with van der Waals surface area (Å²) in [7, 11) is 0. The summed E-state index contributed by atoms with van der Waals surface area (Å²) in [5.74, 6) is -1.01. The van der Waals surface area contributed by atoms with Gasteiger partial charge in [-0.25, -0.2) is 0 Å². The van der Waals surface area contributed by atoms with Gasteiger partial charge in [-0.1, -0.05) is 6.07 Å². The summed E-state index contributed by atoms with van der Waals surface area (Å²) in [5, 5.41) is 18.5. The Morgan fingerprint density at radius 2 is 2.00 bits per heavy atom. The van der Waals surface area contributed by atoms with E-state index in [1.807, 2.05) is 0 Å². The molecule has 0 aromatic heterocycles. The standard InChI is InChI=1S/C10H12O3S/c1-10(2,9(12)13)7-4-3-6(14)5-8(7)11/h3-5,11,14H,1-2H3,(H,12,13). The van der Waals surface area contributed by atoms with Crippen molar-refractivity contribution >= 4 is 18.6 Å². The van der Waals surface area contributed by atoms with E-state index in [1.54, 1.807) is 26.0 Å². The van der Waals surface area contributed by atoms with E-state index in [1.165, 1.54) is 6.07 Å². The average Bonchev–Trinajstić information content (AvgIpc) is 2.02. The third-order valence-corrected chi connectivity index (χ3v) is 2.47. The number of carboxylic acids is 1. The van der Waals surface area contributed by atoms with Gasteiger partial charge in [-0.05, 0) is 26.0 Å². The van der Waals surface area contributed by atoms with Crippen LogP contribution in [0.25, 0.3) is 0 Å². The quantitative estimate of drug-likeness (QED) is 0.657. The molecule has 14 heavy (non-hydrogen) atoms. The molecule has 0 saturated heterocycles. The van der Waals surface area contributed by atoms with Crippen molar-refractivity contribution < 1.29 is 15.0 Å². The van der Waals surface area contributed by atoms with Crippen LogP contribution in [0.15, 0.2) is 23.1 Å². The van der Waals surface area contributed by atoms with Gasteiger partial charge in [0.2, 0.25) is 0 Å². The number of hydrogen-bond donors (Lipinski definition) is 3. The third-order valence-electron chi connectivity index (χ3n) is 2.19. The number of rotatable bonds is 2. The fourth-order valence-corrected chi connectivity index (χ4v) is 1.36. The summed E-state index contributed by atoms with van der Waals surface area (Å²) in [6, 6.07) is 4.66. The first-order valence-corrected chi connectivity index (χ1v) is 4.56. The lowest BCUT2D eigenvalue weighted by Crippen LogP contribution is -2.28. The molecule has 0 aliphatic rings. The summed E-state index contributed by atoms with van der Waals surface area (Å²) in [6.07, 6.45) is 0. The van der Waals surface area contributed by atoms with E-state index in [0.29, 0.717) is 10.5 Å². The van der Waals surface area contributed by atoms with Crippen LogP contribution in [0.2, 0.25) is 0 Å². The zero-order valence-electron chi connectivity index (χ0n) is 7.98. The van der Waals surface area contributed by atoms with Crippen molar-refractivity contribution in [2.75, 3.05) is 0 Å². The van der Waals surface area contributed by atoms with E-state index >= 15 is 0 Å². The molecule has 0 saturated carbocycles. The van der Waals surface area contributed by atoms with E-state index in [4.69, 9.17) is 5.11 Å². The number of phenols is 1. The molecule has 0 amide bonds. The summed E-state index contributed by atoms with van der Waals surface area (Å²) < 4.78 is 0. The molecular weight excluding hydrogens is 200 g/mol. The molecule has 3 nitrogen and oxygen atoms in total. The Labute approximate surface area is 87.8 Å². The predicted molar refractivity (Wildman–Crippen MR) is 56.0 cm³/mol. The molecule has 76 valence electrons. The monoisotopic (exact) mass is 212 g/mol. The SMILES string of the molecule is CC(C)(C(=O)O)c1ccc(S)cc1O. The van der Waals surface area contributed by atoms with Gasteiger partial charge in [0.1, 0.15) is 5.75 Å². The average molecular weight is 212 g/mol. The van der Waals surface area contributed by atoms with Crippen LogP contribution >= 0.6 is 12.6 Å². The normalized spacial score (nSPS) is 11.4. The van der Waals surface area contributed by atoms with Crippen LogP contribution in [0.5, 0.6) is 5.75 Å². The minimum Gasteiger partial charge on any atom is -0.508 e. The summed E-state index contributed by atoms with van der Waals surface area (Å²) in [5.41, 5.74) is -0.700. The number of thiol groups is 1. The van der Waals surface area contributed by atoms with Gasteiger partial charge in [0.15, 0.2) is 0 Å². The first-order chi connectivity index (χ1) is 6.35. The van der Waals surface area contributed by atoms with Gasteiger partial charge in [0.25, 0.3) is 0 Å². The summed E-state index contributed by atoms with van der Waals surface area (Å²) in [6.45, 7) is 3.09. The smallest absolute Gasteiger partial charge is 0.313 e. The Morgan fingerprint density at radius 3 is 2.43 bits per heavy atom. The largest absolute Gasteiger partial charge is 0.508 e. The zero-order chi connectivity index (χ0) is 10.9. The number of phenolic OH excluding ortho intramolecular Hbond substituents is 1. The molecule has 1 aromatic rings. The second-order valence-corrected chi connectivity index (χ2v) is 4.15. The van der Waals surface area contributed by atoms with Gasteiger partial charge >= 0.3 is 5.97 Å². The first kappa shape index (κ1) is 10.9. The molecule has 0 aliphatic heterocycles. The van der Waals surface area contributed by atoms with Gasteiger partial charge in [-0.15, -0.1) is 12.6 Å². The number of benzene rings is 1. The van der Waals surface area contributed by atoms with E-state index in [9.17, 15) is 9.90 Å². The van der Waals surface area contributed by atoms with Crippen LogP contribution in [0.4, 0.5) is 0 Å². The maximum atomic E-state index is 10.9. The van der Waals surface area contributed by atoms with Crippen LogP contribution in [-0.2, 0) is 10.2 Å². The highest BCUT2D eigenvalue weighted by Crippen LogP contribution is 2.32. The van der Waals surface area contributed by atoms with Crippen LogP contribution in [0.3, 0.4) is 0 Å². The minimum atomic E-state index is -1.09. The molecule has 1 aromatic carbocycles. The molecule has 0 bridgehead atoms. The number of carboxylic acid groups (broad SMARTS) is 1. The Hall–Kier alpha value is -1.16. The van der Waals surface area contributed by atoms with E-state index in [2.05, 4.69) is 12.6 Å². The summed E-state index contributed by atoms with van der Waals surface area (Å²) >= 11 is 4.04. The van der Waals surface area contributed by atoms with Gasteiger partial charge in [-0.2, -0.15) is 0 Å². The molecule has 0 atom stereocenters. The topological polar surface area (TPSA) is 57.5 Å². The number of carbonyl (C=O) groups is 1. The fraction of sp³-hybridized carbons (Fsp3) is 0.300. The zero-order valence-corrected chi connectivity index (χ0v) is 8.88. The van der Waals surface area contributed by atoms with Gasteiger partial charge < -0.3 is 10.2 Å². The maximum absolute atomic E-state index is 10.9. The fourth-order valence-electron chi connectivity index (χ4n) is 1.16. The molecule has 0 spiro atoms. The minimum absolute atomic E-state index is 0.0371. The number of aromatic hydroxyl groups is 1. The lowest BCUT2D eigenvalue weighted by atomic mass is 9.84. The Kier molecular flexibility index (Phi) is 2.76. The third kappa shape index (κ3) is 1.85. The predicted octanol–water partition coefficient (Wildman–Crippen LogP) is 2.04. The lowest BCUT2D eigenvalue weighted by molar-refractivity contribution is -0.142. The Morgan fingerprint density at radius 1 is 1.43 bits per heavy atom. The molecular formula is C10H12O3S. The molecule has 0 aliphatic carbocycles. The maximum Gasteiger partial charge on any atom is 0.313 e. The van der Waals surface area contributed by atoms with Crippen LogP contribution in [0, 0.1) is 0 Å². The first-order valence-electron chi connectivity index (χ1n) is 4.11. The lowest BCUT2D eigenvalue weighted by Gasteiger charge is -2.20. The van der Waals surface area contributed by atoms with Crippen LogP contribution < -0.4 is 0 Å². The highest BCUT2D eigenvalue weighted by Gasteiger charge is 2.31. The Balaban J connectivity index is 3.26. The van der Waals surface area contributed by atoms with Crippen molar-refractivity contribution in [2.24, 2.45) is 0 Å². The van der Waals surface area contributed by atoms with E-state index in [-0.39, 0.29) is 5.75 Å². The molecule has 0 unspecified atom stereocenters. The Bertz CT molecular complexity index is 372. The van der Waals surface area contributed by atoms with Crippen LogP contribution in [-0.4, -0.2) is 16.2 Å². The van der Waals surface area contributed by atoms with Crippen molar-refractivity contribution in [3.63, 3.8) is 0 Å². The highest BCUT2D eigenvalue weighted by molar-refractivity contribution is 7.80. The molecule has 1 rings (SSSR count). The van der Waals surface area contributed by atoms with Gasteiger partial charge in [-0.3, -0.25) is 4.79 Å². The molecule has 4 heteroatoms. The van der Waals surface area contributed by atoms with E-state index < -0.39 is 11.4 Å². The van der Waals surface area contributed by atoms with Crippen molar-refractivity contribution in [2.45, 2.75) is 24.2 Å². The second-order valence-electron chi connectivity index (χ2n) is 3.63. The van der Waals surface area contributed by atoms with E-state index in [0.717, 1.165) is 0 Å². The number of aliphatic carboxylic acids is 1. The molecule has 0 heterocycles. The van der Waals surface area contributed by atoms with Crippen molar-refractivity contribution in [3.8, 4) is 5.75 Å². The van der Waals surface area contributed by atoms with Crippen molar-refractivity contribution in [1.82, 2.24) is 0 Å². The highest BCUT2D eigenvalue weighted by atomic mass is 32.1. The van der Waals surface area contributed by atoms with Crippen LogP contribution in [0.1, 0.15) is 19.4 Å². The molecule has 0 radical (unpaired) electrons. The molecule has 2 N–H and O–H groups in total.